The number of aromatic nitrogens is 1. The van der Waals surface area contributed by atoms with Gasteiger partial charge < -0.3 is 9.88 Å². The molecule has 1 heterocycles. The second kappa shape index (κ2) is 7.54. The first-order valence-corrected chi connectivity index (χ1v) is 8.91. The number of Topliss-reactive ketones (excluding diaryl/α,β-unsaturated/α-hetero) is 3. The Morgan fingerprint density at radius 2 is 1.69 bits per heavy atom. The van der Waals surface area contributed by atoms with Crippen LogP contribution in [0.1, 0.15) is 71.7 Å². The zero-order chi connectivity index (χ0) is 19.6. The van der Waals surface area contributed by atoms with Crippen molar-refractivity contribution in [2.24, 2.45) is 5.41 Å². The van der Waals surface area contributed by atoms with Gasteiger partial charge in [0.2, 0.25) is 0 Å². The van der Waals surface area contributed by atoms with Crippen molar-refractivity contribution in [3.63, 3.8) is 0 Å². The van der Waals surface area contributed by atoms with Crippen molar-refractivity contribution < 1.29 is 14.4 Å². The van der Waals surface area contributed by atoms with Crippen LogP contribution < -0.4 is 0 Å². The molecule has 140 valence electrons. The lowest BCUT2D eigenvalue weighted by Gasteiger charge is -2.14. The molecule has 1 N–H and O–H groups in total. The van der Waals surface area contributed by atoms with E-state index in [0.29, 0.717) is 28.8 Å². The number of rotatable bonds is 7. The largest absolute Gasteiger partial charge is 0.352 e. The lowest BCUT2D eigenvalue weighted by atomic mass is 9.89. The molecule has 2 aromatic rings. The molecule has 0 aliphatic heterocycles. The van der Waals surface area contributed by atoms with Crippen molar-refractivity contribution in [2.45, 2.75) is 40.5 Å². The van der Waals surface area contributed by atoms with Crippen LogP contribution in [-0.4, -0.2) is 47.9 Å². The zero-order valence-electron chi connectivity index (χ0n) is 16.5. The van der Waals surface area contributed by atoms with E-state index in [9.17, 15) is 14.4 Å². The number of carbonyl (C=O) groups excluding carboxylic acids is 3. The Bertz CT molecular complexity index is 854. The van der Waals surface area contributed by atoms with Gasteiger partial charge in [-0.2, -0.15) is 0 Å². The molecule has 2 rings (SSSR count). The van der Waals surface area contributed by atoms with Crippen molar-refractivity contribution in [3.8, 4) is 0 Å². The van der Waals surface area contributed by atoms with Crippen molar-refractivity contribution >= 4 is 28.3 Å². The summed E-state index contributed by atoms with van der Waals surface area (Å²) in [6.07, 6.45) is 1.12. The molecule has 0 unspecified atom stereocenters. The Labute approximate surface area is 154 Å². The highest BCUT2D eigenvalue weighted by molar-refractivity contribution is 6.12. The first kappa shape index (κ1) is 20.0. The Kier molecular flexibility index (Phi) is 5.81. The van der Waals surface area contributed by atoms with Crippen LogP contribution in [0.15, 0.2) is 18.2 Å². The summed E-state index contributed by atoms with van der Waals surface area (Å²) in [5.74, 6) is -0.193. The number of fused-ring (bicyclic) bond motifs is 1. The SMILES string of the molecule is CC(=O)c1cc2cc(C(=O)C(C)(C)C)[nH]c2cc1C(=O)CCCN(C)C. The molecule has 0 amide bonds. The molecule has 0 fully saturated rings. The van der Waals surface area contributed by atoms with Gasteiger partial charge in [-0.15, -0.1) is 0 Å². The van der Waals surface area contributed by atoms with Gasteiger partial charge >= 0.3 is 0 Å². The average molecular weight is 356 g/mol. The fraction of sp³-hybridized carbons (Fsp3) is 0.476. The van der Waals surface area contributed by atoms with E-state index >= 15 is 0 Å². The molecule has 0 atom stereocenters. The molecule has 5 heteroatoms. The third-order valence-corrected chi connectivity index (χ3v) is 4.37. The minimum Gasteiger partial charge on any atom is -0.352 e. The van der Waals surface area contributed by atoms with E-state index in [0.717, 1.165) is 18.4 Å². The Balaban J connectivity index is 2.43. The molecule has 0 radical (unpaired) electrons. The number of nitrogens with one attached hydrogen (secondary N) is 1. The molecule has 1 aromatic heterocycles. The highest BCUT2D eigenvalue weighted by atomic mass is 16.1. The second-order valence-electron chi connectivity index (χ2n) is 8.13. The highest BCUT2D eigenvalue weighted by Gasteiger charge is 2.25. The molecule has 1 aromatic carbocycles. The van der Waals surface area contributed by atoms with Crippen molar-refractivity contribution in [3.05, 3.63) is 35.0 Å². The summed E-state index contributed by atoms with van der Waals surface area (Å²) in [7, 11) is 3.93. The average Bonchev–Trinajstić information content (AvgIpc) is 2.94. The molecule has 5 nitrogen and oxygen atoms in total. The van der Waals surface area contributed by atoms with Gasteiger partial charge in [0, 0.05) is 33.9 Å². The molecule has 26 heavy (non-hydrogen) atoms. The minimum atomic E-state index is -0.505. The number of benzene rings is 1. The van der Waals surface area contributed by atoms with Gasteiger partial charge in [-0.05, 0) is 52.2 Å². The van der Waals surface area contributed by atoms with E-state index in [4.69, 9.17) is 0 Å². The molecule has 0 aliphatic rings. The quantitative estimate of drug-likeness (QED) is 0.758. The zero-order valence-corrected chi connectivity index (χ0v) is 16.5. The summed E-state index contributed by atoms with van der Waals surface area (Å²) in [5.41, 5.74) is 1.55. The van der Waals surface area contributed by atoms with E-state index in [1.807, 2.05) is 39.8 Å². The minimum absolute atomic E-state index is 0.00284. The molecular weight excluding hydrogens is 328 g/mol. The smallest absolute Gasteiger partial charge is 0.184 e. The summed E-state index contributed by atoms with van der Waals surface area (Å²) >= 11 is 0. The summed E-state index contributed by atoms with van der Waals surface area (Å²) in [6.45, 7) is 7.87. The number of ketones is 3. The lowest BCUT2D eigenvalue weighted by molar-refractivity contribution is 0.0853. The third-order valence-electron chi connectivity index (χ3n) is 4.37. The summed E-state index contributed by atoms with van der Waals surface area (Å²) in [4.78, 5) is 42.4. The summed E-state index contributed by atoms with van der Waals surface area (Å²) in [6, 6.07) is 5.19. The standard InChI is InChI=1S/C21H28N2O3/c1-13(24)15-10-14-11-18(20(26)21(2,3)4)22-17(14)12-16(15)19(25)8-7-9-23(5)6/h10-12,22H,7-9H2,1-6H3. The first-order valence-electron chi connectivity index (χ1n) is 8.91. The van der Waals surface area contributed by atoms with Gasteiger partial charge in [-0.25, -0.2) is 0 Å². The Morgan fingerprint density at radius 1 is 1.04 bits per heavy atom. The van der Waals surface area contributed by atoms with Crippen LogP contribution >= 0.6 is 0 Å². The molecular formula is C21H28N2O3. The van der Waals surface area contributed by atoms with Crippen LogP contribution in [0.5, 0.6) is 0 Å². The van der Waals surface area contributed by atoms with Gasteiger partial charge in [-0.3, -0.25) is 14.4 Å². The van der Waals surface area contributed by atoms with E-state index in [1.54, 1.807) is 18.2 Å². The molecule has 0 bridgehead atoms. The number of nitrogens with zero attached hydrogens (tertiary/aromatic N) is 1. The number of aromatic amines is 1. The molecule has 0 saturated heterocycles. The highest BCUT2D eigenvalue weighted by Crippen LogP contribution is 2.27. The van der Waals surface area contributed by atoms with E-state index in [1.165, 1.54) is 6.92 Å². The number of carbonyl (C=O) groups is 3. The van der Waals surface area contributed by atoms with Crippen molar-refractivity contribution in [1.82, 2.24) is 9.88 Å². The summed E-state index contributed by atoms with van der Waals surface area (Å²) < 4.78 is 0. The second-order valence-corrected chi connectivity index (χ2v) is 8.13. The van der Waals surface area contributed by atoms with Crippen LogP contribution in [0.3, 0.4) is 0 Å². The molecule has 0 aliphatic carbocycles. The summed E-state index contributed by atoms with van der Waals surface area (Å²) in [5, 5.41) is 0.771. The molecule has 0 spiro atoms. The van der Waals surface area contributed by atoms with Crippen LogP contribution in [0.25, 0.3) is 10.9 Å². The van der Waals surface area contributed by atoms with Gasteiger partial charge in [-0.1, -0.05) is 20.8 Å². The van der Waals surface area contributed by atoms with Crippen molar-refractivity contribution in [2.75, 3.05) is 20.6 Å². The van der Waals surface area contributed by atoms with Crippen LogP contribution in [0.2, 0.25) is 0 Å². The van der Waals surface area contributed by atoms with Crippen LogP contribution in [-0.2, 0) is 0 Å². The van der Waals surface area contributed by atoms with Crippen LogP contribution in [0, 0.1) is 5.41 Å². The van der Waals surface area contributed by atoms with Gasteiger partial charge in [0.05, 0.1) is 5.69 Å². The third kappa shape index (κ3) is 4.47. The normalized spacial score (nSPS) is 12.0. The maximum Gasteiger partial charge on any atom is 0.184 e. The Hall–Kier alpha value is -2.27. The predicted octanol–water partition coefficient (Wildman–Crippen LogP) is 4.12. The van der Waals surface area contributed by atoms with Crippen molar-refractivity contribution in [1.29, 1.82) is 0 Å². The van der Waals surface area contributed by atoms with E-state index in [2.05, 4.69) is 4.98 Å². The number of H-pyrrole nitrogens is 1. The van der Waals surface area contributed by atoms with Gasteiger partial charge in [0.15, 0.2) is 17.3 Å². The van der Waals surface area contributed by atoms with E-state index < -0.39 is 5.41 Å². The lowest BCUT2D eigenvalue weighted by Crippen LogP contribution is -2.20. The van der Waals surface area contributed by atoms with Gasteiger partial charge in [0.1, 0.15) is 0 Å². The van der Waals surface area contributed by atoms with Gasteiger partial charge in [0.25, 0.3) is 0 Å². The predicted molar refractivity (Wildman–Crippen MR) is 104 cm³/mol. The monoisotopic (exact) mass is 356 g/mol. The van der Waals surface area contributed by atoms with E-state index in [-0.39, 0.29) is 17.3 Å². The maximum absolute atomic E-state index is 12.6. The molecule has 0 saturated carbocycles. The first-order chi connectivity index (χ1) is 12.0. The number of hydrogen-bond acceptors (Lipinski definition) is 4. The Morgan fingerprint density at radius 3 is 2.23 bits per heavy atom. The topological polar surface area (TPSA) is 70.2 Å². The van der Waals surface area contributed by atoms with Crippen LogP contribution in [0.4, 0.5) is 0 Å². The fourth-order valence-electron chi connectivity index (χ4n) is 2.92. The number of hydrogen-bond donors (Lipinski definition) is 1. The fourth-order valence-corrected chi connectivity index (χ4v) is 2.92. The maximum atomic E-state index is 12.6.